The monoisotopic (exact) mass is 265 g/mol. The van der Waals surface area contributed by atoms with Gasteiger partial charge in [-0.3, -0.25) is 14.6 Å². The molecule has 0 aliphatic heterocycles. The number of rotatable bonds is 2. The summed E-state index contributed by atoms with van der Waals surface area (Å²) in [6.45, 7) is 0. The van der Waals surface area contributed by atoms with Crippen molar-refractivity contribution in [2.24, 2.45) is 0 Å². The number of amides is 1. The molecule has 0 radical (unpaired) electrons. The average molecular weight is 265 g/mol. The van der Waals surface area contributed by atoms with Crippen LogP contribution in [0.15, 0.2) is 59.7 Å². The maximum absolute atomic E-state index is 12.1. The van der Waals surface area contributed by atoms with Gasteiger partial charge in [-0.05, 0) is 24.3 Å². The van der Waals surface area contributed by atoms with Gasteiger partial charge in [0.15, 0.2) is 0 Å². The second-order valence-electron chi connectivity index (χ2n) is 4.25. The molecule has 20 heavy (non-hydrogen) atoms. The van der Waals surface area contributed by atoms with Gasteiger partial charge in [-0.2, -0.15) is 0 Å². The van der Waals surface area contributed by atoms with Crippen molar-refractivity contribution >= 4 is 22.5 Å². The first-order chi connectivity index (χ1) is 9.75. The molecule has 5 nitrogen and oxygen atoms in total. The third-order valence-electron chi connectivity index (χ3n) is 2.94. The van der Waals surface area contributed by atoms with Crippen LogP contribution in [0.2, 0.25) is 0 Å². The standard InChI is InChI=1S/C15H11N3O2/c19-14-11(6-3-9-17-14)15(20)18-12-7-1-4-10-5-2-8-16-13(10)12/h1-9H,(H,17,19)(H,18,20). The molecule has 0 unspecified atom stereocenters. The highest BCUT2D eigenvalue weighted by Gasteiger charge is 2.11. The quantitative estimate of drug-likeness (QED) is 0.745. The minimum absolute atomic E-state index is 0.0698. The molecule has 1 amide bonds. The number of aromatic nitrogens is 2. The summed E-state index contributed by atoms with van der Waals surface area (Å²) >= 11 is 0. The van der Waals surface area contributed by atoms with Crippen molar-refractivity contribution in [1.82, 2.24) is 9.97 Å². The van der Waals surface area contributed by atoms with E-state index < -0.39 is 11.5 Å². The Labute approximate surface area is 114 Å². The Kier molecular flexibility index (Phi) is 3.01. The Hall–Kier alpha value is -2.95. The molecule has 0 bridgehead atoms. The van der Waals surface area contributed by atoms with Crippen LogP contribution in [0.1, 0.15) is 10.4 Å². The number of H-pyrrole nitrogens is 1. The normalized spacial score (nSPS) is 10.4. The van der Waals surface area contributed by atoms with Gasteiger partial charge in [0.05, 0.1) is 11.2 Å². The number of para-hydroxylation sites is 1. The van der Waals surface area contributed by atoms with E-state index in [1.165, 1.54) is 12.3 Å². The van der Waals surface area contributed by atoms with E-state index >= 15 is 0 Å². The summed E-state index contributed by atoms with van der Waals surface area (Å²) in [6, 6.07) is 12.3. The lowest BCUT2D eigenvalue weighted by Gasteiger charge is -2.07. The second-order valence-corrected chi connectivity index (χ2v) is 4.25. The number of fused-ring (bicyclic) bond motifs is 1. The SMILES string of the molecule is O=C(Nc1cccc2cccnc12)c1ccc[nH]c1=O. The van der Waals surface area contributed by atoms with Crippen molar-refractivity contribution in [3.63, 3.8) is 0 Å². The van der Waals surface area contributed by atoms with Gasteiger partial charge >= 0.3 is 0 Å². The number of benzene rings is 1. The van der Waals surface area contributed by atoms with Gasteiger partial charge in [0.25, 0.3) is 11.5 Å². The molecule has 3 rings (SSSR count). The average Bonchev–Trinajstić information content (AvgIpc) is 2.48. The van der Waals surface area contributed by atoms with Crippen LogP contribution in [-0.4, -0.2) is 15.9 Å². The molecule has 2 N–H and O–H groups in total. The first-order valence-corrected chi connectivity index (χ1v) is 6.08. The van der Waals surface area contributed by atoms with E-state index in [9.17, 15) is 9.59 Å². The highest BCUT2D eigenvalue weighted by Crippen LogP contribution is 2.20. The molecule has 98 valence electrons. The predicted molar refractivity (Wildman–Crippen MR) is 76.8 cm³/mol. The second kappa shape index (κ2) is 4.97. The fourth-order valence-corrected chi connectivity index (χ4v) is 2.00. The molecule has 1 aromatic carbocycles. The predicted octanol–water partition coefficient (Wildman–Crippen LogP) is 2.18. The molecule has 3 aromatic rings. The Morgan fingerprint density at radius 1 is 1.10 bits per heavy atom. The molecular weight excluding hydrogens is 254 g/mol. The van der Waals surface area contributed by atoms with Crippen LogP contribution < -0.4 is 10.9 Å². The Morgan fingerprint density at radius 3 is 2.80 bits per heavy atom. The fourth-order valence-electron chi connectivity index (χ4n) is 2.00. The molecule has 0 aliphatic carbocycles. The number of carbonyl (C=O) groups excluding carboxylic acids is 1. The lowest BCUT2D eigenvalue weighted by Crippen LogP contribution is -2.22. The summed E-state index contributed by atoms with van der Waals surface area (Å²) in [5, 5.41) is 3.64. The molecule has 0 atom stereocenters. The topological polar surface area (TPSA) is 74.8 Å². The number of hydrogen-bond donors (Lipinski definition) is 2. The lowest BCUT2D eigenvalue weighted by atomic mass is 10.2. The molecule has 5 heteroatoms. The van der Waals surface area contributed by atoms with Crippen LogP contribution in [0.25, 0.3) is 10.9 Å². The van der Waals surface area contributed by atoms with Crippen LogP contribution in [0, 0.1) is 0 Å². The fraction of sp³-hybridized carbons (Fsp3) is 0. The Morgan fingerprint density at radius 2 is 1.95 bits per heavy atom. The zero-order valence-electron chi connectivity index (χ0n) is 10.5. The number of carbonyl (C=O) groups is 1. The number of pyridine rings is 2. The first-order valence-electron chi connectivity index (χ1n) is 6.08. The lowest BCUT2D eigenvalue weighted by molar-refractivity contribution is 0.102. The van der Waals surface area contributed by atoms with E-state index in [1.807, 2.05) is 24.3 Å². The molecule has 0 spiro atoms. The smallest absolute Gasteiger partial charge is 0.261 e. The summed E-state index contributed by atoms with van der Waals surface area (Å²) in [7, 11) is 0. The van der Waals surface area contributed by atoms with Crippen LogP contribution in [0.3, 0.4) is 0 Å². The van der Waals surface area contributed by atoms with Crippen molar-refractivity contribution in [2.45, 2.75) is 0 Å². The molecule has 2 heterocycles. The first kappa shape index (κ1) is 12.1. The maximum Gasteiger partial charge on any atom is 0.261 e. The molecule has 0 saturated carbocycles. The van der Waals surface area contributed by atoms with Gasteiger partial charge in [0, 0.05) is 17.8 Å². The van der Waals surface area contributed by atoms with Gasteiger partial charge < -0.3 is 10.3 Å². The third-order valence-corrected chi connectivity index (χ3v) is 2.94. The Bertz CT molecular complexity index is 834. The minimum Gasteiger partial charge on any atom is -0.328 e. The van der Waals surface area contributed by atoms with Gasteiger partial charge in [-0.1, -0.05) is 18.2 Å². The third kappa shape index (κ3) is 2.16. The van der Waals surface area contributed by atoms with Crippen LogP contribution in [-0.2, 0) is 0 Å². The number of aromatic amines is 1. The van der Waals surface area contributed by atoms with E-state index in [2.05, 4.69) is 15.3 Å². The molecular formula is C15H11N3O2. The van der Waals surface area contributed by atoms with Gasteiger partial charge in [-0.15, -0.1) is 0 Å². The van der Waals surface area contributed by atoms with Crippen molar-refractivity contribution < 1.29 is 4.79 Å². The summed E-state index contributed by atoms with van der Waals surface area (Å²) in [6.07, 6.45) is 3.14. The van der Waals surface area contributed by atoms with E-state index in [4.69, 9.17) is 0 Å². The number of anilines is 1. The molecule has 2 aromatic heterocycles. The van der Waals surface area contributed by atoms with Crippen LogP contribution >= 0.6 is 0 Å². The summed E-state index contributed by atoms with van der Waals surface area (Å²) in [5.41, 5.74) is 0.922. The number of hydrogen-bond acceptors (Lipinski definition) is 3. The molecule has 0 saturated heterocycles. The van der Waals surface area contributed by atoms with Gasteiger partial charge in [0.1, 0.15) is 5.56 Å². The highest BCUT2D eigenvalue weighted by atomic mass is 16.2. The zero-order chi connectivity index (χ0) is 13.9. The molecule has 0 fully saturated rings. The zero-order valence-corrected chi connectivity index (χ0v) is 10.5. The van der Waals surface area contributed by atoms with Crippen molar-refractivity contribution in [2.75, 3.05) is 5.32 Å². The molecule has 0 aliphatic rings. The number of nitrogens with one attached hydrogen (secondary N) is 2. The van der Waals surface area contributed by atoms with E-state index in [0.717, 1.165) is 5.39 Å². The van der Waals surface area contributed by atoms with Gasteiger partial charge in [0.2, 0.25) is 0 Å². The van der Waals surface area contributed by atoms with E-state index in [-0.39, 0.29) is 5.56 Å². The van der Waals surface area contributed by atoms with Crippen LogP contribution in [0.4, 0.5) is 5.69 Å². The van der Waals surface area contributed by atoms with E-state index in [1.54, 1.807) is 18.3 Å². The highest BCUT2D eigenvalue weighted by molar-refractivity contribution is 6.08. The summed E-state index contributed by atoms with van der Waals surface area (Å²) < 4.78 is 0. The van der Waals surface area contributed by atoms with Crippen molar-refractivity contribution in [3.05, 3.63) is 70.8 Å². The van der Waals surface area contributed by atoms with Crippen LogP contribution in [0.5, 0.6) is 0 Å². The largest absolute Gasteiger partial charge is 0.328 e. The summed E-state index contributed by atoms with van der Waals surface area (Å²) in [5.74, 6) is -0.454. The maximum atomic E-state index is 12.1. The number of nitrogens with zero attached hydrogens (tertiary/aromatic N) is 1. The van der Waals surface area contributed by atoms with Crippen molar-refractivity contribution in [1.29, 1.82) is 0 Å². The van der Waals surface area contributed by atoms with E-state index in [0.29, 0.717) is 11.2 Å². The van der Waals surface area contributed by atoms with Gasteiger partial charge in [-0.25, -0.2) is 0 Å². The summed E-state index contributed by atoms with van der Waals surface area (Å²) in [4.78, 5) is 30.4. The minimum atomic E-state index is -0.454. The van der Waals surface area contributed by atoms with Crippen molar-refractivity contribution in [3.8, 4) is 0 Å². The Balaban J connectivity index is 2.00.